The molecular formula is C18H23N3O3. The summed E-state index contributed by atoms with van der Waals surface area (Å²) >= 11 is 0. The van der Waals surface area contributed by atoms with Crippen molar-refractivity contribution in [1.82, 2.24) is 16.0 Å². The second-order valence-electron chi connectivity index (χ2n) is 6.53. The van der Waals surface area contributed by atoms with Gasteiger partial charge >= 0.3 is 6.03 Å². The van der Waals surface area contributed by atoms with Crippen LogP contribution in [-0.2, 0) is 9.59 Å². The molecule has 0 radical (unpaired) electrons. The van der Waals surface area contributed by atoms with Crippen molar-refractivity contribution in [3.05, 3.63) is 35.9 Å². The third-order valence-corrected chi connectivity index (χ3v) is 4.86. The maximum absolute atomic E-state index is 12.3. The molecule has 1 aromatic carbocycles. The molecule has 1 aliphatic carbocycles. The van der Waals surface area contributed by atoms with E-state index in [9.17, 15) is 14.4 Å². The Balaban J connectivity index is 1.54. The maximum atomic E-state index is 12.3. The van der Waals surface area contributed by atoms with Crippen molar-refractivity contribution in [2.24, 2.45) is 0 Å². The molecule has 1 aliphatic heterocycles. The van der Waals surface area contributed by atoms with Crippen LogP contribution < -0.4 is 16.0 Å². The second-order valence-corrected chi connectivity index (χ2v) is 6.53. The van der Waals surface area contributed by atoms with Gasteiger partial charge in [-0.15, -0.1) is 0 Å². The molecule has 1 heterocycles. The molecule has 0 spiro atoms. The zero-order chi connectivity index (χ0) is 16.9. The van der Waals surface area contributed by atoms with Crippen molar-refractivity contribution in [2.45, 2.75) is 56.5 Å². The number of carbonyl (C=O) groups is 3. The predicted octanol–water partition coefficient (Wildman–Crippen LogP) is 1.82. The molecule has 24 heavy (non-hydrogen) atoms. The lowest BCUT2D eigenvalue weighted by atomic mass is 9.80. The topological polar surface area (TPSA) is 87.3 Å². The highest BCUT2D eigenvalue weighted by Crippen LogP contribution is 2.33. The van der Waals surface area contributed by atoms with Crippen molar-refractivity contribution >= 4 is 17.8 Å². The largest absolute Gasteiger partial charge is 0.353 e. The molecule has 3 atom stereocenters. The van der Waals surface area contributed by atoms with E-state index in [0.29, 0.717) is 12.3 Å². The van der Waals surface area contributed by atoms with Crippen LogP contribution in [0.25, 0.3) is 0 Å². The number of imide groups is 1. The minimum absolute atomic E-state index is 0.0585. The molecule has 2 fully saturated rings. The van der Waals surface area contributed by atoms with E-state index in [4.69, 9.17) is 0 Å². The Morgan fingerprint density at radius 3 is 2.58 bits per heavy atom. The number of nitrogens with one attached hydrogen (secondary N) is 3. The van der Waals surface area contributed by atoms with Gasteiger partial charge in [0.25, 0.3) is 5.91 Å². The number of benzene rings is 1. The van der Waals surface area contributed by atoms with Crippen LogP contribution in [0.2, 0.25) is 0 Å². The van der Waals surface area contributed by atoms with Gasteiger partial charge in [0.15, 0.2) is 0 Å². The second kappa shape index (κ2) is 7.47. The Morgan fingerprint density at radius 1 is 1.12 bits per heavy atom. The summed E-state index contributed by atoms with van der Waals surface area (Å²) in [6.07, 6.45) is 4.92. The van der Waals surface area contributed by atoms with Gasteiger partial charge in [-0.1, -0.05) is 43.2 Å². The first-order chi connectivity index (χ1) is 11.6. The van der Waals surface area contributed by atoms with Crippen LogP contribution in [0.5, 0.6) is 0 Å². The zero-order valence-electron chi connectivity index (χ0n) is 13.6. The van der Waals surface area contributed by atoms with Gasteiger partial charge in [-0.3, -0.25) is 14.9 Å². The van der Waals surface area contributed by atoms with Crippen molar-refractivity contribution in [2.75, 3.05) is 0 Å². The predicted molar refractivity (Wildman–Crippen MR) is 89.3 cm³/mol. The van der Waals surface area contributed by atoms with Crippen LogP contribution in [0.3, 0.4) is 0 Å². The van der Waals surface area contributed by atoms with E-state index in [1.807, 2.05) is 18.2 Å². The Bertz CT molecular complexity index is 617. The molecule has 128 valence electrons. The van der Waals surface area contributed by atoms with Gasteiger partial charge in [-0.2, -0.15) is 0 Å². The molecular weight excluding hydrogens is 306 g/mol. The number of hydrogen-bond donors (Lipinski definition) is 3. The van der Waals surface area contributed by atoms with Crippen LogP contribution in [0.4, 0.5) is 4.79 Å². The molecule has 1 saturated carbocycles. The van der Waals surface area contributed by atoms with E-state index in [2.05, 4.69) is 28.1 Å². The van der Waals surface area contributed by atoms with Crippen LogP contribution >= 0.6 is 0 Å². The van der Waals surface area contributed by atoms with E-state index in [-0.39, 0.29) is 24.3 Å². The molecule has 1 aromatic rings. The van der Waals surface area contributed by atoms with Gasteiger partial charge < -0.3 is 10.6 Å². The summed E-state index contributed by atoms with van der Waals surface area (Å²) < 4.78 is 0. The normalized spacial score (nSPS) is 26.6. The Kier molecular flexibility index (Phi) is 5.13. The summed E-state index contributed by atoms with van der Waals surface area (Å²) in [5.41, 5.74) is 1.27. The molecule has 3 N–H and O–H groups in total. The third kappa shape index (κ3) is 3.93. The van der Waals surface area contributed by atoms with E-state index in [1.165, 1.54) is 12.0 Å². The van der Waals surface area contributed by atoms with Gasteiger partial charge in [0.1, 0.15) is 6.04 Å². The summed E-state index contributed by atoms with van der Waals surface area (Å²) in [7, 11) is 0. The molecule has 3 rings (SSSR count). The minimum atomic E-state index is -0.598. The van der Waals surface area contributed by atoms with E-state index < -0.39 is 12.1 Å². The van der Waals surface area contributed by atoms with Crippen molar-refractivity contribution in [3.63, 3.8) is 0 Å². The third-order valence-electron chi connectivity index (χ3n) is 4.86. The lowest BCUT2D eigenvalue weighted by Crippen LogP contribution is -2.41. The first kappa shape index (κ1) is 16.5. The molecule has 0 unspecified atom stereocenters. The maximum Gasteiger partial charge on any atom is 0.322 e. The van der Waals surface area contributed by atoms with E-state index in [0.717, 1.165) is 19.3 Å². The average Bonchev–Trinajstić information content (AvgIpc) is 2.92. The molecule has 0 bridgehead atoms. The van der Waals surface area contributed by atoms with Crippen molar-refractivity contribution < 1.29 is 14.4 Å². The standard InChI is InChI=1S/C18H23N3O3/c22-16(11-10-15-17(23)21-18(24)20-15)19-14-9-5-4-8-13(14)12-6-2-1-3-7-12/h1-3,6-7,13-15H,4-5,8-11H2,(H,19,22)(H2,20,21,23,24)/t13-,14+,15-/m0/s1. The van der Waals surface area contributed by atoms with Crippen LogP contribution in [0.15, 0.2) is 30.3 Å². The summed E-state index contributed by atoms with van der Waals surface area (Å²) in [4.78, 5) is 34.9. The highest BCUT2D eigenvalue weighted by molar-refractivity contribution is 6.04. The molecule has 4 amide bonds. The van der Waals surface area contributed by atoms with Crippen molar-refractivity contribution in [1.29, 1.82) is 0 Å². The highest BCUT2D eigenvalue weighted by Gasteiger charge is 2.31. The molecule has 2 aliphatic rings. The summed E-state index contributed by atoms with van der Waals surface area (Å²) in [5.74, 6) is -0.0669. The summed E-state index contributed by atoms with van der Waals surface area (Å²) in [6, 6.07) is 9.36. The summed E-state index contributed by atoms with van der Waals surface area (Å²) in [5, 5.41) is 7.83. The lowest BCUT2D eigenvalue weighted by Gasteiger charge is -2.32. The molecule has 1 saturated heterocycles. The SMILES string of the molecule is O=C(CC[C@@H]1NC(=O)NC1=O)N[C@@H]1CCCC[C@H]1c1ccccc1. The fourth-order valence-electron chi connectivity index (χ4n) is 3.62. The van der Waals surface area contributed by atoms with E-state index >= 15 is 0 Å². The van der Waals surface area contributed by atoms with Gasteiger partial charge in [-0.05, 0) is 24.8 Å². The first-order valence-corrected chi connectivity index (χ1v) is 8.59. The van der Waals surface area contributed by atoms with Gasteiger partial charge in [0.2, 0.25) is 5.91 Å². The first-order valence-electron chi connectivity index (χ1n) is 8.59. The number of carbonyl (C=O) groups excluding carboxylic acids is 3. The minimum Gasteiger partial charge on any atom is -0.353 e. The molecule has 6 heteroatoms. The van der Waals surface area contributed by atoms with Gasteiger partial charge in [0, 0.05) is 18.4 Å². The van der Waals surface area contributed by atoms with Gasteiger partial charge in [-0.25, -0.2) is 4.79 Å². The monoisotopic (exact) mass is 329 g/mol. The fourth-order valence-corrected chi connectivity index (χ4v) is 3.62. The average molecular weight is 329 g/mol. The van der Waals surface area contributed by atoms with Crippen LogP contribution in [0.1, 0.15) is 50.0 Å². The fraction of sp³-hybridized carbons (Fsp3) is 0.500. The van der Waals surface area contributed by atoms with Crippen molar-refractivity contribution in [3.8, 4) is 0 Å². The number of hydrogen-bond acceptors (Lipinski definition) is 3. The Hall–Kier alpha value is -2.37. The van der Waals surface area contributed by atoms with Crippen LogP contribution in [-0.4, -0.2) is 29.9 Å². The highest BCUT2D eigenvalue weighted by atomic mass is 16.2. The smallest absolute Gasteiger partial charge is 0.322 e. The van der Waals surface area contributed by atoms with Crippen LogP contribution in [0, 0.1) is 0 Å². The molecule has 0 aromatic heterocycles. The quantitative estimate of drug-likeness (QED) is 0.720. The zero-order valence-corrected chi connectivity index (χ0v) is 13.6. The number of amides is 4. The van der Waals surface area contributed by atoms with Gasteiger partial charge in [0.05, 0.1) is 0 Å². The summed E-state index contributed by atoms with van der Waals surface area (Å²) in [6.45, 7) is 0. The Labute approximate surface area is 141 Å². The van der Waals surface area contributed by atoms with E-state index in [1.54, 1.807) is 0 Å². The number of rotatable bonds is 5. The molecule has 6 nitrogen and oxygen atoms in total. The lowest BCUT2D eigenvalue weighted by molar-refractivity contribution is -0.123. The number of urea groups is 1. The Morgan fingerprint density at radius 2 is 1.88 bits per heavy atom.